The number of hydrogen-bond donors (Lipinski definition) is 4. The zero-order chi connectivity index (χ0) is 17.1. The second-order valence-electron chi connectivity index (χ2n) is 6.61. The number of aromatic nitrogens is 5. The maximum atomic E-state index is 12.4. The van der Waals surface area contributed by atoms with Gasteiger partial charge in [-0.3, -0.25) is 9.59 Å². The van der Waals surface area contributed by atoms with E-state index in [4.69, 9.17) is 0 Å². The Morgan fingerprint density at radius 1 is 1.46 bits per heavy atom. The molecule has 0 spiro atoms. The van der Waals surface area contributed by atoms with Crippen LogP contribution in [0.2, 0.25) is 0 Å². The number of hydrogen-bond acceptors (Lipinski definition) is 6. The van der Waals surface area contributed by atoms with E-state index >= 15 is 0 Å². The molecule has 3 fully saturated rings. The Morgan fingerprint density at radius 3 is 2.71 bits per heavy atom. The number of aromatic hydroxyl groups is 1. The number of nitrogens with zero attached hydrogens (tertiary/aromatic N) is 3. The average Bonchev–Trinajstić information content (AvgIpc) is 2.94. The third kappa shape index (κ3) is 2.02. The monoisotopic (exact) mass is 348 g/mol. The number of carbonyl (C=O) groups is 1. The van der Waals surface area contributed by atoms with Crippen LogP contribution in [-0.2, 0) is 5.41 Å². The van der Waals surface area contributed by atoms with Gasteiger partial charge in [-0.2, -0.15) is 20.4 Å². The summed E-state index contributed by atoms with van der Waals surface area (Å²) in [5, 5.41) is 23.6. The molecule has 9 nitrogen and oxygen atoms in total. The van der Waals surface area contributed by atoms with Gasteiger partial charge in [-0.15, -0.1) is 10.5 Å². The van der Waals surface area contributed by atoms with Crippen molar-refractivity contribution in [3.05, 3.63) is 27.8 Å². The van der Waals surface area contributed by atoms with Gasteiger partial charge in [0.15, 0.2) is 10.7 Å². The van der Waals surface area contributed by atoms with Crippen molar-refractivity contribution in [2.75, 3.05) is 6.26 Å². The van der Waals surface area contributed by atoms with E-state index in [1.54, 1.807) is 12.5 Å². The summed E-state index contributed by atoms with van der Waals surface area (Å²) in [6.45, 7) is 0. The highest BCUT2D eigenvalue weighted by Crippen LogP contribution is 2.67. The van der Waals surface area contributed by atoms with Crippen molar-refractivity contribution in [3.8, 4) is 5.88 Å². The molecule has 2 aromatic rings. The van der Waals surface area contributed by atoms with E-state index in [1.807, 2.05) is 0 Å². The van der Waals surface area contributed by atoms with Crippen LogP contribution in [0.1, 0.15) is 35.3 Å². The lowest BCUT2D eigenvalue weighted by atomic mass is 9.38. The minimum atomic E-state index is -0.657. The Balaban J connectivity index is 1.51. The third-order valence-electron chi connectivity index (χ3n) is 4.80. The minimum absolute atomic E-state index is 0.0265. The minimum Gasteiger partial charge on any atom is -0.493 e. The van der Waals surface area contributed by atoms with E-state index in [9.17, 15) is 14.7 Å². The van der Waals surface area contributed by atoms with Crippen molar-refractivity contribution in [3.63, 3.8) is 0 Å². The van der Waals surface area contributed by atoms with E-state index in [0.717, 1.165) is 25.0 Å². The van der Waals surface area contributed by atoms with Gasteiger partial charge in [-0.1, -0.05) is 5.87 Å². The van der Waals surface area contributed by atoms with Crippen LogP contribution in [0.4, 0.5) is 0 Å². The van der Waals surface area contributed by atoms with Gasteiger partial charge in [0.2, 0.25) is 5.88 Å². The highest BCUT2D eigenvalue weighted by Gasteiger charge is 2.70. The second-order valence-corrected chi connectivity index (χ2v) is 8.27. The zero-order valence-corrected chi connectivity index (χ0v) is 13.7. The maximum Gasteiger partial charge on any atom is 0.268 e. The van der Waals surface area contributed by atoms with Crippen LogP contribution in [0.25, 0.3) is 0 Å². The van der Waals surface area contributed by atoms with Crippen molar-refractivity contribution in [2.45, 2.75) is 35.4 Å². The van der Waals surface area contributed by atoms with Crippen LogP contribution < -0.4 is 10.9 Å². The van der Waals surface area contributed by atoms with Crippen LogP contribution in [0, 0.1) is 0 Å². The van der Waals surface area contributed by atoms with E-state index in [1.165, 1.54) is 0 Å². The molecule has 2 heterocycles. The van der Waals surface area contributed by atoms with Crippen LogP contribution in [0.3, 0.4) is 0 Å². The zero-order valence-electron chi connectivity index (χ0n) is 12.9. The van der Waals surface area contributed by atoms with Crippen LogP contribution in [0.5, 0.6) is 5.88 Å². The molecule has 10 heteroatoms. The van der Waals surface area contributed by atoms with Gasteiger partial charge in [-0.25, -0.2) is 0 Å². The number of H-pyrrole nitrogens is 2. The summed E-state index contributed by atoms with van der Waals surface area (Å²) in [5.74, 6) is 2.58. The molecule has 0 aliphatic heterocycles. The first-order chi connectivity index (χ1) is 11.3. The standard InChI is InChI=1S/C14H16N6O3S/c1-24(2)12-16-9(21)8(10(22)17-12)11(23)18-14-4-13(5-14,6-14)7-3-15-20-19-7/h3H,1,4-6H2,2H3,(H,18,23)(H,15,19,20)(H2,16,17,21,22). The second kappa shape index (κ2) is 4.76. The van der Waals surface area contributed by atoms with Gasteiger partial charge in [-0.05, 0) is 25.5 Å². The molecule has 5 rings (SSSR count). The van der Waals surface area contributed by atoms with Crippen molar-refractivity contribution >= 4 is 22.3 Å². The average molecular weight is 348 g/mol. The summed E-state index contributed by atoms with van der Waals surface area (Å²) in [4.78, 5) is 30.9. The fourth-order valence-corrected chi connectivity index (χ4v) is 4.27. The van der Waals surface area contributed by atoms with Gasteiger partial charge in [0.1, 0.15) is 0 Å². The summed E-state index contributed by atoms with van der Waals surface area (Å²) in [6, 6.07) is 0. The fourth-order valence-electron chi connectivity index (χ4n) is 3.76. The summed E-state index contributed by atoms with van der Waals surface area (Å²) >= 11 is 0. The van der Waals surface area contributed by atoms with E-state index in [0.29, 0.717) is 0 Å². The van der Waals surface area contributed by atoms with E-state index < -0.39 is 27.8 Å². The lowest BCUT2D eigenvalue weighted by molar-refractivity contribution is -0.0835. The van der Waals surface area contributed by atoms with Crippen molar-refractivity contribution in [1.29, 1.82) is 0 Å². The topological polar surface area (TPSA) is 137 Å². The van der Waals surface area contributed by atoms with E-state index in [-0.39, 0.29) is 21.7 Å². The molecule has 3 aliphatic carbocycles. The van der Waals surface area contributed by atoms with Crippen LogP contribution in [0.15, 0.2) is 16.1 Å². The van der Waals surface area contributed by atoms with Crippen molar-refractivity contribution in [2.24, 2.45) is 0 Å². The first-order valence-electron chi connectivity index (χ1n) is 7.32. The lowest BCUT2D eigenvalue weighted by Gasteiger charge is -2.69. The Kier molecular flexibility index (Phi) is 2.99. The Morgan fingerprint density at radius 2 is 2.17 bits per heavy atom. The molecule has 0 saturated heterocycles. The molecule has 1 amide bonds. The Hall–Kier alpha value is -2.49. The molecule has 2 aromatic heterocycles. The SMILES string of the molecule is C=S(C)c1nc(O)c(C(=O)NC23CC(c4cn[nH]n4)(C2)C3)c(=O)[nH]1. The molecule has 2 bridgehead atoms. The molecule has 1 atom stereocenters. The number of rotatable bonds is 4. The molecule has 0 aromatic carbocycles. The van der Waals surface area contributed by atoms with E-state index in [2.05, 4.69) is 36.6 Å². The highest BCUT2D eigenvalue weighted by molar-refractivity contribution is 8.13. The normalized spacial score (nSPS) is 28.5. The summed E-state index contributed by atoms with van der Waals surface area (Å²) < 4.78 is 0. The summed E-state index contributed by atoms with van der Waals surface area (Å²) in [7, 11) is -0.570. The molecule has 4 N–H and O–H groups in total. The summed E-state index contributed by atoms with van der Waals surface area (Å²) in [5.41, 5.74) is -0.480. The maximum absolute atomic E-state index is 12.4. The smallest absolute Gasteiger partial charge is 0.268 e. The predicted octanol–water partition coefficient (Wildman–Crippen LogP) is -0.113. The number of aromatic amines is 2. The Bertz CT molecular complexity index is 899. The summed E-state index contributed by atoms with van der Waals surface area (Å²) in [6.07, 6.45) is 5.70. The highest BCUT2D eigenvalue weighted by atomic mass is 32.2. The van der Waals surface area contributed by atoms with Gasteiger partial charge in [0.25, 0.3) is 11.5 Å². The first-order valence-corrected chi connectivity index (χ1v) is 9.12. The fraction of sp³-hybridized carbons (Fsp3) is 0.429. The third-order valence-corrected chi connectivity index (χ3v) is 5.66. The molecular weight excluding hydrogens is 332 g/mol. The molecule has 3 aliphatic rings. The molecular formula is C14H16N6O3S. The van der Waals surface area contributed by atoms with Gasteiger partial charge < -0.3 is 15.4 Å². The molecule has 24 heavy (non-hydrogen) atoms. The van der Waals surface area contributed by atoms with Crippen LogP contribution in [-0.4, -0.2) is 54.1 Å². The number of nitrogens with one attached hydrogen (secondary N) is 3. The van der Waals surface area contributed by atoms with Crippen LogP contribution >= 0.6 is 10.5 Å². The van der Waals surface area contributed by atoms with Gasteiger partial charge in [0.05, 0.1) is 11.9 Å². The molecule has 1 unspecified atom stereocenters. The largest absolute Gasteiger partial charge is 0.493 e. The first kappa shape index (κ1) is 15.1. The lowest BCUT2D eigenvalue weighted by Crippen LogP contribution is -2.77. The molecule has 3 saturated carbocycles. The van der Waals surface area contributed by atoms with Gasteiger partial charge in [0, 0.05) is 11.0 Å². The molecule has 126 valence electrons. The van der Waals surface area contributed by atoms with Gasteiger partial charge >= 0.3 is 0 Å². The quantitative estimate of drug-likeness (QED) is 0.449. The number of carbonyl (C=O) groups excluding carboxylic acids is 1. The molecule has 0 radical (unpaired) electrons. The van der Waals surface area contributed by atoms with Crippen molar-refractivity contribution in [1.82, 2.24) is 30.7 Å². The predicted molar refractivity (Wildman–Crippen MR) is 87.5 cm³/mol. The van der Waals surface area contributed by atoms with Crippen molar-refractivity contribution < 1.29 is 9.90 Å². The number of amides is 1. The Labute approximate surface area is 138 Å².